The van der Waals surface area contributed by atoms with Crippen LogP contribution < -0.4 is 5.32 Å². The summed E-state index contributed by atoms with van der Waals surface area (Å²) in [6.45, 7) is 7.15. The van der Waals surface area contributed by atoms with Crippen molar-refractivity contribution >= 4 is 5.95 Å². The summed E-state index contributed by atoms with van der Waals surface area (Å²) >= 11 is 0. The Morgan fingerprint density at radius 2 is 2.47 bits per heavy atom. The molecule has 0 aromatic carbocycles. The second-order valence-corrected chi connectivity index (χ2v) is 5.05. The van der Waals surface area contributed by atoms with E-state index >= 15 is 0 Å². The molecule has 1 aliphatic rings. The highest BCUT2D eigenvalue weighted by Gasteiger charge is 2.29. The fraction of sp³-hybridized carbons (Fsp3) is 0.769. The third kappa shape index (κ3) is 3.22. The Morgan fingerprint density at radius 3 is 3.18 bits per heavy atom. The first kappa shape index (κ1) is 12.4. The smallest absolute Gasteiger partial charge is 0.202 e. The third-order valence-electron chi connectivity index (χ3n) is 3.39. The van der Waals surface area contributed by atoms with Gasteiger partial charge < -0.3 is 14.6 Å². The number of rotatable bonds is 6. The van der Waals surface area contributed by atoms with Gasteiger partial charge in [0.25, 0.3) is 0 Å². The van der Waals surface area contributed by atoms with Gasteiger partial charge in [0.15, 0.2) is 0 Å². The second kappa shape index (κ2) is 5.54. The molecule has 1 atom stereocenters. The summed E-state index contributed by atoms with van der Waals surface area (Å²) in [7, 11) is 0. The molecule has 1 saturated heterocycles. The van der Waals surface area contributed by atoms with Gasteiger partial charge in [-0.1, -0.05) is 13.3 Å². The topological polar surface area (TPSA) is 39.1 Å². The summed E-state index contributed by atoms with van der Waals surface area (Å²) in [6, 6.07) is 0. The largest absolute Gasteiger partial charge is 0.373 e. The Balaban J connectivity index is 1.87. The molecule has 0 aliphatic carbocycles. The van der Waals surface area contributed by atoms with Crippen LogP contribution in [0.15, 0.2) is 12.4 Å². The van der Waals surface area contributed by atoms with Gasteiger partial charge in [-0.15, -0.1) is 0 Å². The van der Waals surface area contributed by atoms with E-state index in [2.05, 4.69) is 28.7 Å². The standard InChI is InChI=1S/C13H23N3O/c1-3-4-8-16-9-7-14-12(16)15-11-13(2)6-5-10-17-13/h7,9H,3-6,8,10-11H2,1-2H3,(H,14,15). The minimum absolute atomic E-state index is 0.0124. The lowest BCUT2D eigenvalue weighted by Crippen LogP contribution is -2.33. The SMILES string of the molecule is CCCCn1ccnc1NCC1(C)CCCO1. The van der Waals surface area contributed by atoms with Gasteiger partial charge in [0, 0.05) is 32.1 Å². The summed E-state index contributed by atoms with van der Waals surface area (Å²) in [4.78, 5) is 4.36. The number of imidazole rings is 1. The van der Waals surface area contributed by atoms with Crippen LogP contribution in [0.2, 0.25) is 0 Å². The molecule has 96 valence electrons. The third-order valence-corrected chi connectivity index (χ3v) is 3.39. The highest BCUT2D eigenvalue weighted by molar-refractivity contribution is 5.26. The van der Waals surface area contributed by atoms with Gasteiger partial charge in [-0.2, -0.15) is 0 Å². The van der Waals surface area contributed by atoms with E-state index in [0.29, 0.717) is 0 Å². The molecule has 1 aromatic heterocycles. The van der Waals surface area contributed by atoms with Crippen LogP contribution in [0.25, 0.3) is 0 Å². The minimum atomic E-state index is -0.0124. The van der Waals surface area contributed by atoms with Crippen LogP contribution >= 0.6 is 0 Å². The Bertz CT molecular complexity index is 342. The zero-order valence-corrected chi connectivity index (χ0v) is 10.9. The lowest BCUT2D eigenvalue weighted by Gasteiger charge is -2.23. The van der Waals surface area contributed by atoms with E-state index < -0.39 is 0 Å². The normalized spacial score (nSPS) is 24.1. The highest BCUT2D eigenvalue weighted by Crippen LogP contribution is 2.25. The van der Waals surface area contributed by atoms with Gasteiger partial charge in [0.2, 0.25) is 5.95 Å². The molecule has 2 heterocycles. The molecule has 0 radical (unpaired) electrons. The molecule has 1 fully saturated rings. The number of aromatic nitrogens is 2. The fourth-order valence-corrected chi connectivity index (χ4v) is 2.23. The van der Waals surface area contributed by atoms with Gasteiger partial charge in [-0.25, -0.2) is 4.98 Å². The molecule has 0 amide bonds. The maximum Gasteiger partial charge on any atom is 0.202 e. The molecule has 0 saturated carbocycles. The van der Waals surface area contributed by atoms with Crippen LogP contribution in [0.4, 0.5) is 5.95 Å². The molecule has 1 aromatic rings. The number of ether oxygens (including phenoxy) is 1. The average molecular weight is 237 g/mol. The van der Waals surface area contributed by atoms with Gasteiger partial charge in [0.05, 0.1) is 5.60 Å². The molecule has 4 heteroatoms. The predicted molar refractivity (Wildman–Crippen MR) is 69.2 cm³/mol. The van der Waals surface area contributed by atoms with Crippen molar-refractivity contribution in [2.75, 3.05) is 18.5 Å². The zero-order valence-electron chi connectivity index (χ0n) is 10.9. The molecule has 1 N–H and O–H groups in total. The molecule has 0 bridgehead atoms. The minimum Gasteiger partial charge on any atom is -0.373 e. The molecular formula is C13H23N3O. The van der Waals surface area contributed by atoms with E-state index in [1.807, 2.05) is 12.4 Å². The van der Waals surface area contributed by atoms with Crippen molar-refractivity contribution in [2.24, 2.45) is 0 Å². The maximum atomic E-state index is 5.76. The van der Waals surface area contributed by atoms with Crippen molar-refractivity contribution < 1.29 is 4.74 Å². The number of aryl methyl sites for hydroxylation is 1. The molecule has 1 unspecified atom stereocenters. The monoisotopic (exact) mass is 237 g/mol. The van der Waals surface area contributed by atoms with Gasteiger partial charge >= 0.3 is 0 Å². The van der Waals surface area contributed by atoms with Crippen LogP contribution in [0, 0.1) is 0 Å². The number of nitrogens with zero attached hydrogens (tertiary/aromatic N) is 2. The zero-order chi connectivity index (χ0) is 12.1. The molecule has 2 rings (SSSR count). The lowest BCUT2D eigenvalue weighted by atomic mass is 10.0. The quantitative estimate of drug-likeness (QED) is 0.826. The van der Waals surface area contributed by atoms with Crippen molar-refractivity contribution in [1.82, 2.24) is 9.55 Å². The van der Waals surface area contributed by atoms with E-state index in [1.165, 1.54) is 19.3 Å². The second-order valence-electron chi connectivity index (χ2n) is 5.05. The van der Waals surface area contributed by atoms with E-state index in [9.17, 15) is 0 Å². The Labute approximate surface area is 103 Å². The lowest BCUT2D eigenvalue weighted by molar-refractivity contribution is 0.0313. The Kier molecular flexibility index (Phi) is 4.05. The number of anilines is 1. The fourth-order valence-electron chi connectivity index (χ4n) is 2.23. The first-order chi connectivity index (χ1) is 8.23. The number of nitrogens with one attached hydrogen (secondary N) is 1. The summed E-state index contributed by atoms with van der Waals surface area (Å²) in [6.07, 6.45) is 8.60. The first-order valence-corrected chi connectivity index (χ1v) is 6.62. The summed E-state index contributed by atoms with van der Waals surface area (Å²) in [5.74, 6) is 0.968. The van der Waals surface area contributed by atoms with Crippen molar-refractivity contribution in [1.29, 1.82) is 0 Å². The Hall–Kier alpha value is -1.03. The van der Waals surface area contributed by atoms with E-state index in [-0.39, 0.29) is 5.60 Å². The average Bonchev–Trinajstić information content (AvgIpc) is 2.93. The summed E-state index contributed by atoms with van der Waals surface area (Å²) in [5.41, 5.74) is -0.0124. The molecule has 4 nitrogen and oxygen atoms in total. The van der Waals surface area contributed by atoms with Crippen molar-refractivity contribution in [3.05, 3.63) is 12.4 Å². The highest BCUT2D eigenvalue weighted by atomic mass is 16.5. The predicted octanol–water partition coefficient (Wildman–Crippen LogP) is 2.66. The van der Waals surface area contributed by atoms with E-state index in [0.717, 1.165) is 32.1 Å². The van der Waals surface area contributed by atoms with Crippen LogP contribution in [0.3, 0.4) is 0 Å². The summed E-state index contributed by atoms with van der Waals surface area (Å²) in [5, 5.41) is 3.41. The molecule has 17 heavy (non-hydrogen) atoms. The first-order valence-electron chi connectivity index (χ1n) is 6.62. The van der Waals surface area contributed by atoms with Crippen LogP contribution in [-0.4, -0.2) is 28.3 Å². The van der Waals surface area contributed by atoms with Crippen LogP contribution in [-0.2, 0) is 11.3 Å². The molecule has 0 spiro atoms. The van der Waals surface area contributed by atoms with E-state index in [4.69, 9.17) is 4.74 Å². The number of hydrogen-bond acceptors (Lipinski definition) is 3. The van der Waals surface area contributed by atoms with Crippen LogP contribution in [0.5, 0.6) is 0 Å². The summed E-state index contributed by atoms with van der Waals surface area (Å²) < 4.78 is 7.94. The maximum absolute atomic E-state index is 5.76. The molecular weight excluding hydrogens is 214 g/mol. The van der Waals surface area contributed by atoms with E-state index in [1.54, 1.807) is 0 Å². The van der Waals surface area contributed by atoms with Gasteiger partial charge in [-0.3, -0.25) is 0 Å². The van der Waals surface area contributed by atoms with Crippen molar-refractivity contribution in [2.45, 2.75) is 51.7 Å². The van der Waals surface area contributed by atoms with Gasteiger partial charge in [0.1, 0.15) is 0 Å². The molecule has 1 aliphatic heterocycles. The van der Waals surface area contributed by atoms with Crippen molar-refractivity contribution in [3.63, 3.8) is 0 Å². The number of hydrogen-bond donors (Lipinski definition) is 1. The number of unbranched alkanes of at least 4 members (excludes halogenated alkanes) is 1. The van der Waals surface area contributed by atoms with Crippen molar-refractivity contribution in [3.8, 4) is 0 Å². The Morgan fingerprint density at radius 1 is 1.59 bits per heavy atom. The van der Waals surface area contributed by atoms with Gasteiger partial charge in [-0.05, 0) is 26.2 Å². The van der Waals surface area contributed by atoms with Crippen LogP contribution in [0.1, 0.15) is 39.5 Å².